The number of benzene rings is 1. The van der Waals surface area contributed by atoms with Crippen molar-refractivity contribution < 1.29 is 18.0 Å². The number of hydrogen-bond donors (Lipinski definition) is 1. The van der Waals surface area contributed by atoms with Gasteiger partial charge in [-0.1, -0.05) is 35.7 Å². The number of carbonyl (C=O) groups excluding carboxylic acids is 1. The second-order valence-corrected chi connectivity index (χ2v) is 8.37. The van der Waals surface area contributed by atoms with Crippen LogP contribution in [0.5, 0.6) is 0 Å². The van der Waals surface area contributed by atoms with Gasteiger partial charge in [0.2, 0.25) is 11.9 Å². The summed E-state index contributed by atoms with van der Waals surface area (Å²) in [7, 11) is 0. The first kappa shape index (κ1) is 22.6. The number of nitrogens with one attached hydrogen (secondary N) is 1. The predicted octanol–water partition coefficient (Wildman–Crippen LogP) is 4.76. The molecule has 7 nitrogen and oxygen atoms in total. The Morgan fingerprint density at radius 3 is 2.62 bits per heavy atom. The first-order valence-electron chi connectivity index (χ1n) is 9.99. The zero-order chi connectivity index (χ0) is 22.9. The zero-order valence-electron chi connectivity index (χ0n) is 16.8. The third-order valence-electron chi connectivity index (χ3n) is 5.18. The lowest BCUT2D eigenvalue weighted by molar-refractivity contribution is -0.142. The third kappa shape index (κ3) is 5.07. The zero-order valence-corrected chi connectivity index (χ0v) is 18.3. The first-order chi connectivity index (χ1) is 15.2. The molecule has 170 valence electrons. The molecular weight excluding hydrogens is 468 g/mol. The van der Waals surface area contributed by atoms with E-state index in [1.807, 2.05) is 0 Å². The Labute approximate surface area is 191 Å². The molecule has 1 aliphatic carbocycles. The van der Waals surface area contributed by atoms with Crippen molar-refractivity contribution in [3.8, 4) is 0 Å². The van der Waals surface area contributed by atoms with Crippen molar-refractivity contribution in [2.24, 2.45) is 0 Å². The van der Waals surface area contributed by atoms with Crippen molar-refractivity contribution in [3.63, 3.8) is 0 Å². The highest BCUT2D eigenvalue weighted by Gasteiger charge is 2.39. The number of nitrogens with zero attached hydrogens (tertiary/aromatic N) is 5. The lowest BCUT2D eigenvalue weighted by atomic mass is 10.1. The molecule has 0 spiro atoms. The van der Waals surface area contributed by atoms with Gasteiger partial charge in [-0.2, -0.15) is 18.3 Å². The van der Waals surface area contributed by atoms with Crippen LogP contribution in [-0.2, 0) is 36.9 Å². The van der Waals surface area contributed by atoms with Crippen molar-refractivity contribution in [3.05, 3.63) is 57.1 Å². The van der Waals surface area contributed by atoms with E-state index in [4.69, 9.17) is 23.2 Å². The van der Waals surface area contributed by atoms with Crippen LogP contribution >= 0.6 is 23.2 Å². The Hall–Kier alpha value is -2.59. The Balaban J connectivity index is 1.45. The van der Waals surface area contributed by atoms with Gasteiger partial charge in [0.05, 0.1) is 16.6 Å². The molecule has 0 bridgehead atoms. The van der Waals surface area contributed by atoms with Crippen LogP contribution in [0.2, 0.25) is 10.0 Å². The minimum atomic E-state index is -4.55. The maximum absolute atomic E-state index is 13.4. The number of amides is 1. The smallest absolute Gasteiger partial charge is 0.292 e. The summed E-state index contributed by atoms with van der Waals surface area (Å²) in [6.07, 6.45) is -0.0691. The fraction of sp³-hybridized carbons (Fsp3) is 0.400. The van der Waals surface area contributed by atoms with E-state index in [0.717, 1.165) is 23.1 Å². The molecule has 2 aromatic heterocycles. The molecule has 0 fully saturated rings. The van der Waals surface area contributed by atoms with Crippen molar-refractivity contribution in [2.75, 3.05) is 5.32 Å². The summed E-state index contributed by atoms with van der Waals surface area (Å²) in [6, 6.07) is 5.16. The molecule has 3 aromatic rings. The lowest BCUT2D eigenvalue weighted by Gasteiger charge is -2.07. The van der Waals surface area contributed by atoms with E-state index in [2.05, 4.69) is 20.5 Å². The molecule has 1 amide bonds. The normalized spacial score (nSPS) is 14.2. The molecule has 0 radical (unpaired) electrons. The standard InChI is InChI=1S/C20H19Cl2F3N6O/c21-14-7-6-12(8-15(14)22)9-30-11-26-19(29-30)27-17(32)10-31-16-5-3-1-2-4-13(16)18(28-31)20(23,24)25/h6-8,11H,1-5,9-10H2,(H,27,29,32). The van der Waals surface area contributed by atoms with Crippen molar-refractivity contribution in [1.82, 2.24) is 24.5 Å². The van der Waals surface area contributed by atoms with Gasteiger partial charge in [0, 0.05) is 11.3 Å². The molecular formula is C20H19Cl2F3N6O. The van der Waals surface area contributed by atoms with Crippen LogP contribution in [0, 0.1) is 0 Å². The van der Waals surface area contributed by atoms with E-state index >= 15 is 0 Å². The summed E-state index contributed by atoms with van der Waals surface area (Å²) in [5, 5.41) is 11.3. The molecule has 4 rings (SSSR count). The summed E-state index contributed by atoms with van der Waals surface area (Å²) in [4.78, 5) is 16.5. The highest BCUT2D eigenvalue weighted by Crippen LogP contribution is 2.35. The number of fused-ring (bicyclic) bond motifs is 1. The summed E-state index contributed by atoms with van der Waals surface area (Å²) >= 11 is 11.9. The van der Waals surface area contributed by atoms with Gasteiger partial charge in [0.1, 0.15) is 12.9 Å². The Morgan fingerprint density at radius 1 is 1.09 bits per heavy atom. The van der Waals surface area contributed by atoms with Gasteiger partial charge in [-0.05, 0) is 43.4 Å². The number of anilines is 1. The van der Waals surface area contributed by atoms with E-state index in [9.17, 15) is 18.0 Å². The van der Waals surface area contributed by atoms with Crippen LogP contribution in [-0.4, -0.2) is 30.5 Å². The average Bonchev–Trinajstić information content (AvgIpc) is 3.20. The van der Waals surface area contributed by atoms with Crippen LogP contribution in [0.3, 0.4) is 0 Å². The van der Waals surface area contributed by atoms with Gasteiger partial charge in [-0.15, -0.1) is 5.10 Å². The van der Waals surface area contributed by atoms with E-state index < -0.39 is 17.8 Å². The minimum absolute atomic E-state index is 0.0457. The fourth-order valence-corrected chi connectivity index (χ4v) is 4.08. The largest absolute Gasteiger partial charge is 0.435 e. The Bertz CT molecular complexity index is 1140. The van der Waals surface area contributed by atoms with Crippen LogP contribution in [0.15, 0.2) is 24.5 Å². The maximum Gasteiger partial charge on any atom is 0.435 e. The molecule has 0 saturated carbocycles. The number of alkyl halides is 3. The highest BCUT2D eigenvalue weighted by atomic mass is 35.5. The number of hydrogen-bond acceptors (Lipinski definition) is 4. The molecule has 12 heteroatoms. The van der Waals surface area contributed by atoms with Gasteiger partial charge in [-0.25, -0.2) is 9.67 Å². The van der Waals surface area contributed by atoms with Gasteiger partial charge in [-0.3, -0.25) is 14.8 Å². The third-order valence-corrected chi connectivity index (χ3v) is 5.92. The number of carbonyl (C=O) groups is 1. The molecule has 1 aromatic carbocycles. The van der Waals surface area contributed by atoms with Crippen LogP contribution in [0.1, 0.15) is 41.8 Å². The first-order valence-corrected chi connectivity index (χ1v) is 10.8. The van der Waals surface area contributed by atoms with Crippen LogP contribution in [0.4, 0.5) is 19.1 Å². The van der Waals surface area contributed by atoms with Crippen LogP contribution in [0.25, 0.3) is 0 Å². The molecule has 0 saturated heterocycles. The van der Waals surface area contributed by atoms with Gasteiger partial charge in [0.25, 0.3) is 0 Å². The molecule has 0 atom stereocenters. The summed E-state index contributed by atoms with van der Waals surface area (Å²) in [6.45, 7) is 0.00110. The number of aromatic nitrogens is 5. The molecule has 32 heavy (non-hydrogen) atoms. The number of rotatable bonds is 5. The predicted molar refractivity (Wildman–Crippen MR) is 113 cm³/mol. The second-order valence-electron chi connectivity index (χ2n) is 7.55. The monoisotopic (exact) mass is 486 g/mol. The Morgan fingerprint density at radius 2 is 1.88 bits per heavy atom. The van der Waals surface area contributed by atoms with E-state index in [1.165, 1.54) is 11.0 Å². The lowest BCUT2D eigenvalue weighted by Crippen LogP contribution is -2.22. The topological polar surface area (TPSA) is 77.6 Å². The molecule has 2 heterocycles. The summed E-state index contributed by atoms with van der Waals surface area (Å²) < 4.78 is 42.9. The quantitative estimate of drug-likeness (QED) is 0.527. The second kappa shape index (κ2) is 9.11. The fourth-order valence-electron chi connectivity index (χ4n) is 3.76. The van der Waals surface area contributed by atoms with E-state index in [-0.39, 0.29) is 18.1 Å². The van der Waals surface area contributed by atoms with E-state index in [0.29, 0.717) is 41.5 Å². The summed E-state index contributed by atoms with van der Waals surface area (Å²) in [5.74, 6) is -0.509. The molecule has 0 unspecified atom stereocenters. The van der Waals surface area contributed by atoms with Crippen molar-refractivity contribution in [2.45, 2.75) is 51.4 Å². The van der Waals surface area contributed by atoms with Crippen LogP contribution < -0.4 is 5.32 Å². The molecule has 1 N–H and O–H groups in total. The van der Waals surface area contributed by atoms with Crippen molar-refractivity contribution in [1.29, 1.82) is 0 Å². The maximum atomic E-state index is 13.4. The highest BCUT2D eigenvalue weighted by molar-refractivity contribution is 6.42. The summed E-state index contributed by atoms with van der Waals surface area (Å²) in [5.41, 5.74) is 0.613. The van der Waals surface area contributed by atoms with Gasteiger partial charge in [0.15, 0.2) is 5.69 Å². The SMILES string of the molecule is O=C(Cn1nc(C(F)(F)F)c2c1CCCCC2)Nc1ncn(Cc2ccc(Cl)c(Cl)c2)n1. The molecule has 0 aliphatic heterocycles. The average molecular weight is 487 g/mol. The Kier molecular flexibility index (Phi) is 6.43. The minimum Gasteiger partial charge on any atom is -0.292 e. The van der Waals surface area contributed by atoms with Gasteiger partial charge >= 0.3 is 6.18 Å². The van der Waals surface area contributed by atoms with Crippen molar-refractivity contribution >= 4 is 35.1 Å². The molecule has 1 aliphatic rings. The van der Waals surface area contributed by atoms with E-state index in [1.54, 1.807) is 18.2 Å². The number of halogens is 5. The van der Waals surface area contributed by atoms with Gasteiger partial charge < -0.3 is 0 Å².